The summed E-state index contributed by atoms with van der Waals surface area (Å²) in [5.74, 6) is 0.818. The molecule has 0 bridgehead atoms. The molecular weight excluding hydrogens is 174 g/mol. The maximum absolute atomic E-state index is 10.5. The van der Waals surface area contributed by atoms with Gasteiger partial charge in [-0.3, -0.25) is 0 Å². The van der Waals surface area contributed by atoms with E-state index in [1.807, 2.05) is 0 Å². The Balaban J connectivity index is 1.85. The van der Waals surface area contributed by atoms with Gasteiger partial charge in [0.2, 0.25) is 0 Å². The van der Waals surface area contributed by atoms with Crippen molar-refractivity contribution in [2.24, 2.45) is 5.92 Å². The molecule has 1 heterocycles. The van der Waals surface area contributed by atoms with Gasteiger partial charge in [0.25, 0.3) is 0 Å². The fourth-order valence-corrected chi connectivity index (χ4v) is 3.07. The van der Waals surface area contributed by atoms with Gasteiger partial charge in [0.15, 0.2) is 0 Å². The van der Waals surface area contributed by atoms with Crippen LogP contribution in [0.3, 0.4) is 0 Å². The molecule has 2 nitrogen and oxygen atoms in total. The molecule has 82 valence electrons. The van der Waals surface area contributed by atoms with Crippen molar-refractivity contribution in [1.82, 2.24) is 5.32 Å². The highest BCUT2D eigenvalue weighted by Crippen LogP contribution is 2.35. The molecule has 0 amide bonds. The predicted octanol–water partition coefficient (Wildman–Crippen LogP) is 2.07. The van der Waals surface area contributed by atoms with Gasteiger partial charge < -0.3 is 10.4 Å². The summed E-state index contributed by atoms with van der Waals surface area (Å²) in [6, 6.07) is 0. The molecule has 2 rings (SSSR count). The van der Waals surface area contributed by atoms with E-state index in [0.29, 0.717) is 0 Å². The molecule has 2 aliphatic rings. The van der Waals surface area contributed by atoms with Crippen LogP contribution in [0, 0.1) is 5.92 Å². The summed E-state index contributed by atoms with van der Waals surface area (Å²) in [5.41, 5.74) is -0.335. The molecule has 0 spiro atoms. The van der Waals surface area contributed by atoms with Crippen molar-refractivity contribution in [3.8, 4) is 0 Å². The third-order valence-electron chi connectivity index (χ3n) is 3.91. The van der Waals surface area contributed by atoms with Gasteiger partial charge in [-0.1, -0.05) is 25.7 Å². The minimum absolute atomic E-state index is 0.335. The summed E-state index contributed by atoms with van der Waals surface area (Å²) in [6.07, 6.45) is 9.67. The molecule has 1 saturated heterocycles. The van der Waals surface area contributed by atoms with Crippen LogP contribution in [0.25, 0.3) is 0 Å². The first kappa shape index (κ1) is 10.4. The summed E-state index contributed by atoms with van der Waals surface area (Å²) in [7, 11) is 0. The fourth-order valence-electron chi connectivity index (χ4n) is 3.07. The molecule has 0 radical (unpaired) electrons. The maximum Gasteiger partial charge on any atom is 0.0663 e. The summed E-state index contributed by atoms with van der Waals surface area (Å²) in [4.78, 5) is 0. The molecule has 0 aromatic carbocycles. The van der Waals surface area contributed by atoms with Gasteiger partial charge in [-0.05, 0) is 44.7 Å². The first-order valence-corrected chi connectivity index (χ1v) is 6.22. The smallest absolute Gasteiger partial charge is 0.0663 e. The Morgan fingerprint density at radius 3 is 2.64 bits per heavy atom. The number of rotatable bonds is 2. The normalized spacial score (nSPS) is 35.8. The molecule has 0 aromatic rings. The molecule has 2 heteroatoms. The van der Waals surface area contributed by atoms with Crippen LogP contribution in [-0.2, 0) is 0 Å². The van der Waals surface area contributed by atoms with Crippen LogP contribution in [-0.4, -0.2) is 23.8 Å². The van der Waals surface area contributed by atoms with Crippen LogP contribution in [0.1, 0.15) is 51.4 Å². The fraction of sp³-hybridized carbons (Fsp3) is 1.00. The van der Waals surface area contributed by atoms with E-state index in [2.05, 4.69) is 5.32 Å². The average Bonchev–Trinajstić information content (AvgIpc) is 2.55. The number of hydrogen-bond acceptors (Lipinski definition) is 2. The van der Waals surface area contributed by atoms with Crippen LogP contribution >= 0.6 is 0 Å². The second-order valence-corrected chi connectivity index (χ2v) is 5.18. The Morgan fingerprint density at radius 2 is 1.86 bits per heavy atom. The molecule has 2 fully saturated rings. The Labute approximate surface area is 87.1 Å². The maximum atomic E-state index is 10.5. The van der Waals surface area contributed by atoms with E-state index in [-0.39, 0.29) is 5.60 Å². The van der Waals surface area contributed by atoms with Crippen LogP contribution in [0.15, 0.2) is 0 Å². The van der Waals surface area contributed by atoms with Crippen molar-refractivity contribution in [3.05, 3.63) is 0 Å². The van der Waals surface area contributed by atoms with Crippen molar-refractivity contribution < 1.29 is 5.11 Å². The zero-order valence-corrected chi connectivity index (χ0v) is 9.10. The van der Waals surface area contributed by atoms with Crippen LogP contribution in [0.5, 0.6) is 0 Å². The highest BCUT2D eigenvalue weighted by Gasteiger charge is 2.31. The Bertz CT molecular complexity index is 167. The van der Waals surface area contributed by atoms with E-state index in [1.54, 1.807) is 0 Å². The molecule has 1 aliphatic heterocycles. The van der Waals surface area contributed by atoms with Crippen LogP contribution < -0.4 is 5.32 Å². The Kier molecular flexibility index (Phi) is 3.45. The SMILES string of the molecule is OC1(CC2CCCC2)CCCNCC1. The predicted molar refractivity (Wildman–Crippen MR) is 58.2 cm³/mol. The summed E-state index contributed by atoms with van der Waals surface area (Å²) in [5, 5.41) is 13.8. The topological polar surface area (TPSA) is 32.3 Å². The molecule has 1 saturated carbocycles. The molecule has 1 atom stereocenters. The highest BCUT2D eigenvalue weighted by atomic mass is 16.3. The third kappa shape index (κ3) is 2.71. The second-order valence-electron chi connectivity index (χ2n) is 5.18. The summed E-state index contributed by atoms with van der Waals surface area (Å²) < 4.78 is 0. The zero-order valence-electron chi connectivity index (χ0n) is 9.10. The average molecular weight is 197 g/mol. The molecule has 1 aliphatic carbocycles. The Morgan fingerprint density at radius 1 is 1.07 bits per heavy atom. The number of nitrogens with one attached hydrogen (secondary N) is 1. The minimum Gasteiger partial charge on any atom is -0.390 e. The number of hydrogen-bond donors (Lipinski definition) is 2. The van der Waals surface area contributed by atoms with Crippen LogP contribution in [0.2, 0.25) is 0 Å². The lowest BCUT2D eigenvalue weighted by atomic mass is 9.84. The van der Waals surface area contributed by atoms with Gasteiger partial charge in [-0.15, -0.1) is 0 Å². The monoisotopic (exact) mass is 197 g/mol. The van der Waals surface area contributed by atoms with E-state index in [4.69, 9.17) is 0 Å². The van der Waals surface area contributed by atoms with Gasteiger partial charge >= 0.3 is 0 Å². The molecule has 1 unspecified atom stereocenters. The second kappa shape index (κ2) is 4.63. The van der Waals surface area contributed by atoms with Crippen molar-refractivity contribution >= 4 is 0 Å². The quantitative estimate of drug-likeness (QED) is 0.710. The van der Waals surface area contributed by atoms with Gasteiger partial charge in [0.1, 0.15) is 0 Å². The van der Waals surface area contributed by atoms with Gasteiger partial charge in [-0.2, -0.15) is 0 Å². The molecular formula is C12H23NO. The summed E-state index contributed by atoms with van der Waals surface area (Å²) in [6.45, 7) is 2.09. The molecule has 14 heavy (non-hydrogen) atoms. The zero-order chi connectivity index (χ0) is 9.86. The largest absolute Gasteiger partial charge is 0.390 e. The summed E-state index contributed by atoms with van der Waals surface area (Å²) >= 11 is 0. The lowest BCUT2D eigenvalue weighted by Gasteiger charge is -2.29. The van der Waals surface area contributed by atoms with Gasteiger partial charge in [-0.25, -0.2) is 0 Å². The van der Waals surface area contributed by atoms with E-state index in [1.165, 1.54) is 25.7 Å². The van der Waals surface area contributed by atoms with Crippen molar-refractivity contribution in [2.45, 2.75) is 57.0 Å². The van der Waals surface area contributed by atoms with Gasteiger partial charge in [0.05, 0.1) is 5.60 Å². The third-order valence-corrected chi connectivity index (χ3v) is 3.91. The first-order valence-electron chi connectivity index (χ1n) is 6.22. The number of aliphatic hydroxyl groups is 1. The van der Waals surface area contributed by atoms with Crippen molar-refractivity contribution in [2.75, 3.05) is 13.1 Å². The van der Waals surface area contributed by atoms with Crippen molar-refractivity contribution in [1.29, 1.82) is 0 Å². The lowest BCUT2D eigenvalue weighted by Crippen LogP contribution is -2.32. The lowest BCUT2D eigenvalue weighted by molar-refractivity contribution is 0.00483. The van der Waals surface area contributed by atoms with Crippen molar-refractivity contribution in [3.63, 3.8) is 0 Å². The first-order chi connectivity index (χ1) is 6.79. The highest BCUT2D eigenvalue weighted by molar-refractivity contribution is 4.86. The van der Waals surface area contributed by atoms with E-state index >= 15 is 0 Å². The minimum atomic E-state index is -0.335. The van der Waals surface area contributed by atoms with E-state index < -0.39 is 0 Å². The van der Waals surface area contributed by atoms with E-state index in [9.17, 15) is 5.11 Å². The molecule has 2 N–H and O–H groups in total. The Hall–Kier alpha value is -0.0800. The van der Waals surface area contributed by atoms with Crippen LogP contribution in [0.4, 0.5) is 0 Å². The standard InChI is InChI=1S/C12H23NO/c14-12(6-3-8-13-9-7-12)10-11-4-1-2-5-11/h11,13-14H,1-10H2. The van der Waals surface area contributed by atoms with E-state index in [0.717, 1.165) is 44.7 Å². The van der Waals surface area contributed by atoms with Gasteiger partial charge in [0, 0.05) is 0 Å². The molecule has 0 aromatic heterocycles.